The van der Waals surface area contributed by atoms with E-state index < -0.39 is 0 Å². The molecule has 0 spiro atoms. The third-order valence-corrected chi connectivity index (χ3v) is 5.14. The molecule has 4 unspecified atom stereocenters. The van der Waals surface area contributed by atoms with E-state index in [0.717, 1.165) is 23.9 Å². The van der Waals surface area contributed by atoms with E-state index in [9.17, 15) is 0 Å². The summed E-state index contributed by atoms with van der Waals surface area (Å²) in [5.41, 5.74) is 0. The molecule has 2 nitrogen and oxygen atoms in total. The second-order valence-corrected chi connectivity index (χ2v) is 6.78. The van der Waals surface area contributed by atoms with Crippen molar-refractivity contribution in [1.29, 1.82) is 0 Å². The molecule has 1 N–H and O–H groups in total. The van der Waals surface area contributed by atoms with Crippen LogP contribution in [-0.2, 0) is 0 Å². The van der Waals surface area contributed by atoms with Crippen LogP contribution in [0.5, 0.6) is 0 Å². The summed E-state index contributed by atoms with van der Waals surface area (Å²) in [5, 5.41) is 3.65. The summed E-state index contributed by atoms with van der Waals surface area (Å²) in [7, 11) is 0. The fraction of sp³-hybridized carbons (Fsp3) is 1.00. The molecular weight excluding hydrogens is 220 g/mol. The minimum Gasteiger partial charge on any atom is -0.311 e. The lowest BCUT2D eigenvalue weighted by atomic mass is 9.81. The Morgan fingerprint density at radius 1 is 1.22 bits per heavy atom. The summed E-state index contributed by atoms with van der Waals surface area (Å²) in [4.78, 5) is 2.73. The van der Waals surface area contributed by atoms with Gasteiger partial charge in [-0.25, -0.2) is 0 Å². The van der Waals surface area contributed by atoms with Crippen LogP contribution in [0.2, 0.25) is 0 Å². The highest BCUT2D eigenvalue weighted by molar-refractivity contribution is 4.83. The van der Waals surface area contributed by atoms with Gasteiger partial charge in [0.05, 0.1) is 0 Å². The van der Waals surface area contributed by atoms with E-state index in [2.05, 4.69) is 31.0 Å². The van der Waals surface area contributed by atoms with Gasteiger partial charge < -0.3 is 5.32 Å². The van der Waals surface area contributed by atoms with Gasteiger partial charge in [0.25, 0.3) is 0 Å². The first-order valence-electron chi connectivity index (χ1n) is 8.16. The Bertz CT molecular complexity index is 241. The Hall–Kier alpha value is -0.0800. The van der Waals surface area contributed by atoms with Crippen molar-refractivity contribution in [3.8, 4) is 0 Å². The van der Waals surface area contributed by atoms with Crippen LogP contribution in [0, 0.1) is 11.8 Å². The first-order chi connectivity index (χ1) is 8.69. The monoisotopic (exact) mass is 252 g/mol. The normalized spacial score (nSPS) is 38.8. The zero-order valence-electron chi connectivity index (χ0n) is 12.6. The average Bonchev–Trinajstić information content (AvgIpc) is 2.38. The van der Waals surface area contributed by atoms with Gasteiger partial charge in [-0.1, -0.05) is 33.1 Å². The Morgan fingerprint density at radius 2 is 2.06 bits per heavy atom. The molecule has 0 aromatic rings. The Labute approximate surface area is 114 Å². The largest absolute Gasteiger partial charge is 0.311 e. The van der Waals surface area contributed by atoms with E-state index in [0.29, 0.717) is 0 Å². The molecule has 1 saturated carbocycles. The van der Waals surface area contributed by atoms with Crippen molar-refractivity contribution < 1.29 is 0 Å². The zero-order chi connectivity index (χ0) is 13.0. The van der Waals surface area contributed by atoms with Gasteiger partial charge in [-0.2, -0.15) is 0 Å². The minimum absolute atomic E-state index is 0.728. The van der Waals surface area contributed by atoms with Crippen molar-refractivity contribution in [3.05, 3.63) is 0 Å². The lowest BCUT2D eigenvalue weighted by molar-refractivity contribution is 0.123. The van der Waals surface area contributed by atoms with E-state index in [1.807, 2.05) is 0 Å². The Balaban J connectivity index is 1.74. The molecule has 1 heterocycles. The van der Waals surface area contributed by atoms with Crippen LogP contribution >= 0.6 is 0 Å². The minimum atomic E-state index is 0.728. The molecule has 0 aromatic carbocycles. The lowest BCUT2D eigenvalue weighted by Crippen LogP contribution is -2.55. The topological polar surface area (TPSA) is 15.3 Å². The third-order valence-electron chi connectivity index (χ3n) is 5.14. The summed E-state index contributed by atoms with van der Waals surface area (Å²) in [6.07, 6.45) is 8.62. The van der Waals surface area contributed by atoms with Gasteiger partial charge in [0.1, 0.15) is 0 Å². The van der Waals surface area contributed by atoms with Gasteiger partial charge in [-0.15, -0.1) is 0 Å². The van der Waals surface area contributed by atoms with Crippen molar-refractivity contribution in [2.45, 2.75) is 71.4 Å². The van der Waals surface area contributed by atoms with Crippen LogP contribution in [0.4, 0.5) is 0 Å². The van der Waals surface area contributed by atoms with Crippen molar-refractivity contribution in [2.75, 3.05) is 19.6 Å². The van der Waals surface area contributed by atoms with Crippen molar-refractivity contribution in [3.63, 3.8) is 0 Å². The summed E-state index contributed by atoms with van der Waals surface area (Å²) in [5.74, 6) is 1.99. The van der Waals surface area contributed by atoms with Crippen LogP contribution < -0.4 is 5.32 Å². The molecule has 2 aliphatic rings. The molecule has 4 atom stereocenters. The summed E-state index contributed by atoms with van der Waals surface area (Å²) in [6, 6.07) is 1.46. The predicted molar refractivity (Wildman–Crippen MR) is 78.9 cm³/mol. The third kappa shape index (κ3) is 3.96. The maximum atomic E-state index is 3.65. The van der Waals surface area contributed by atoms with Crippen molar-refractivity contribution in [2.24, 2.45) is 11.8 Å². The predicted octanol–water partition coefficient (Wildman–Crippen LogP) is 3.28. The zero-order valence-corrected chi connectivity index (χ0v) is 12.6. The van der Waals surface area contributed by atoms with Gasteiger partial charge in [-0.3, -0.25) is 4.90 Å². The molecule has 0 bridgehead atoms. The standard InChI is InChI=1S/C16H32N2/c1-4-16-12-18(14(3)11-17-16)9-8-15-7-5-6-13(2)10-15/h13-17H,4-12H2,1-3H3. The fourth-order valence-electron chi connectivity index (χ4n) is 3.75. The van der Waals surface area contributed by atoms with E-state index in [4.69, 9.17) is 0 Å². The van der Waals surface area contributed by atoms with Gasteiger partial charge in [0, 0.05) is 25.2 Å². The van der Waals surface area contributed by atoms with E-state index in [1.54, 1.807) is 0 Å². The highest BCUT2D eigenvalue weighted by atomic mass is 15.2. The number of hydrogen-bond donors (Lipinski definition) is 1. The molecular formula is C16H32N2. The first kappa shape index (κ1) is 14.3. The van der Waals surface area contributed by atoms with Gasteiger partial charge in [-0.05, 0) is 44.6 Å². The first-order valence-corrected chi connectivity index (χ1v) is 8.16. The highest BCUT2D eigenvalue weighted by Crippen LogP contribution is 2.31. The van der Waals surface area contributed by atoms with Crippen molar-refractivity contribution >= 4 is 0 Å². The molecule has 0 amide bonds. The van der Waals surface area contributed by atoms with Crippen molar-refractivity contribution in [1.82, 2.24) is 10.2 Å². The van der Waals surface area contributed by atoms with Crippen LogP contribution in [-0.4, -0.2) is 36.6 Å². The molecule has 18 heavy (non-hydrogen) atoms. The summed E-state index contributed by atoms with van der Waals surface area (Å²) < 4.78 is 0. The molecule has 1 saturated heterocycles. The molecule has 0 radical (unpaired) electrons. The lowest BCUT2D eigenvalue weighted by Gasteiger charge is -2.39. The van der Waals surface area contributed by atoms with Gasteiger partial charge in [0.15, 0.2) is 0 Å². The maximum absolute atomic E-state index is 3.65. The van der Waals surface area contributed by atoms with Gasteiger partial charge in [0.2, 0.25) is 0 Å². The number of piperazine rings is 1. The van der Waals surface area contributed by atoms with Crippen LogP contribution in [0.3, 0.4) is 0 Å². The fourth-order valence-corrected chi connectivity index (χ4v) is 3.75. The Morgan fingerprint density at radius 3 is 2.78 bits per heavy atom. The second-order valence-electron chi connectivity index (χ2n) is 6.78. The number of nitrogens with zero attached hydrogens (tertiary/aromatic N) is 1. The maximum Gasteiger partial charge on any atom is 0.0193 e. The van der Waals surface area contributed by atoms with Crippen LogP contribution in [0.15, 0.2) is 0 Å². The summed E-state index contributed by atoms with van der Waals surface area (Å²) in [6.45, 7) is 10.9. The van der Waals surface area contributed by atoms with Crippen LogP contribution in [0.25, 0.3) is 0 Å². The SMILES string of the molecule is CCC1CN(CCC2CCCC(C)C2)C(C)CN1. The quantitative estimate of drug-likeness (QED) is 0.826. The van der Waals surface area contributed by atoms with Crippen LogP contribution in [0.1, 0.15) is 59.3 Å². The molecule has 2 fully saturated rings. The molecule has 106 valence electrons. The van der Waals surface area contributed by atoms with E-state index in [1.165, 1.54) is 58.2 Å². The molecule has 1 aliphatic heterocycles. The molecule has 2 rings (SSSR count). The second kappa shape index (κ2) is 6.91. The number of hydrogen-bond acceptors (Lipinski definition) is 2. The van der Waals surface area contributed by atoms with Gasteiger partial charge >= 0.3 is 0 Å². The summed E-state index contributed by atoms with van der Waals surface area (Å²) >= 11 is 0. The molecule has 1 aliphatic carbocycles. The highest BCUT2D eigenvalue weighted by Gasteiger charge is 2.25. The smallest absolute Gasteiger partial charge is 0.0193 e. The average molecular weight is 252 g/mol. The number of nitrogens with one attached hydrogen (secondary N) is 1. The van der Waals surface area contributed by atoms with E-state index in [-0.39, 0.29) is 0 Å². The van der Waals surface area contributed by atoms with E-state index >= 15 is 0 Å². The Kier molecular flexibility index (Phi) is 5.50. The molecule has 2 heteroatoms. The number of rotatable bonds is 4. The molecule has 0 aromatic heterocycles.